The molecule has 0 fully saturated rings. The zero-order valence-corrected chi connectivity index (χ0v) is 19.5. The Hall–Kier alpha value is -4.53. The van der Waals surface area contributed by atoms with E-state index >= 15 is 0 Å². The Kier molecular flexibility index (Phi) is 6.59. The Morgan fingerprint density at radius 1 is 0.914 bits per heavy atom. The van der Waals surface area contributed by atoms with E-state index in [4.69, 9.17) is 9.47 Å². The smallest absolute Gasteiger partial charge is 0.359 e. The summed E-state index contributed by atoms with van der Waals surface area (Å²) < 4.78 is 11.5. The number of hydrogen-bond acceptors (Lipinski definition) is 7. The summed E-state index contributed by atoms with van der Waals surface area (Å²) in [5.41, 5.74) is 1.35. The summed E-state index contributed by atoms with van der Waals surface area (Å²) in [5.74, 6) is -1.91. The normalized spacial score (nSPS) is 10.8. The highest BCUT2D eigenvalue weighted by atomic mass is 16.5. The molecule has 0 saturated carbocycles. The van der Waals surface area contributed by atoms with E-state index in [9.17, 15) is 19.2 Å². The molecule has 178 valence electrons. The maximum atomic E-state index is 13.0. The largest absolute Gasteiger partial charge is 0.462 e. The van der Waals surface area contributed by atoms with E-state index in [1.54, 1.807) is 75.4 Å². The zero-order chi connectivity index (χ0) is 25.1. The molecule has 0 amide bonds. The van der Waals surface area contributed by atoms with Gasteiger partial charge in [-0.15, -0.1) is 0 Å². The van der Waals surface area contributed by atoms with Gasteiger partial charge in [0.15, 0.2) is 12.3 Å². The number of fused-ring (bicyclic) bond motifs is 1. The molecule has 0 bridgehead atoms. The Balaban J connectivity index is 1.63. The van der Waals surface area contributed by atoms with Crippen molar-refractivity contribution in [2.75, 3.05) is 13.2 Å². The lowest BCUT2D eigenvalue weighted by molar-refractivity contribution is 0.0467. The van der Waals surface area contributed by atoms with E-state index in [2.05, 4.69) is 10.1 Å². The molecule has 0 aliphatic carbocycles. The van der Waals surface area contributed by atoms with Crippen molar-refractivity contribution in [2.24, 2.45) is 0 Å². The Bertz CT molecular complexity index is 1500. The van der Waals surface area contributed by atoms with E-state index < -0.39 is 24.3 Å². The predicted molar refractivity (Wildman–Crippen MR) is 128 cm³/mol. The summed E-state index contributed by atoms with van der Waals surface area (Å²) in [6.45, 7) is 4.60. The highest BCUT2D eigenvalue weighted by Crippen LogP contribution is 2.20. The summed E-state index contributed by atoms with van der Waals surface area (Å²) >= 11 is 0. The molecule has 35 heavy (non-hydrogen) atoms. The number of aromatic amines is 1. The standard InChI is InChI=1S/C26H23N3O6/c1-4-34-25(32)21-15(2)22(27-16(21)3)20(30)14-35-26(33)23-18-12-8-9-13-19(18)24(31)29(28-23)17-10-6-5-7-11-17/h5-13,27H,4,14H2,1-3H3. The molecule has 1 N–H and O–H groups in total. The first-order valence-electron chi connectivity index (χ1n) is 11.0. The average Bonchev–Trinajstić information content (AvgIpc) is 3.17. The van der Waals surface area contributed by atoms with Crippen LogP contribution in [-0.2, 0) is 9.47 Å². The fourth-order valence-corrected chi connectivity index (χ4v) is 3.89. The van der Waals surface area contributed by atoms with Gasteiger partial charge in [-0.25, -0.2) is 9.59 Å². The van der Waals surface area contributed by atoms with Crippen LogP contribution in [0.4, 0.5) is 0 Å². The van der Waals surface area contributed by atoms with Gasteiger partial charge in [-0.2, -0.15) is 9.78 Å². The van der Waals surface area contributed by atoms with Crippen LogP contribution in [-0.4, -0.2) is 45.7 Å². The number of carbonyl (C=O) groups excluding carboxylic acids is 3. The van der Waals surface area contributed by atoms with E-state index in [0.717, 1.165) is 4.68 Å². The molecular formula is C26H23N3O6. The fourth-order valence-electron chi connectivity index (χ4n) is 3.89. The van der Waals surface area contributed by atoms with E-state index in [1.165, 1.54) is 0 Å². The van der Waals surface area contributed by atoms with Gasteiger partial charge in [-0.05, 0) is 44.5 Å². The quantitative estimate of drug-likeness (QED) is 0.322. The van der Waals surface area contributed by atoms with Gasteiger partial charge in [0.05, 0.1) is 28.9 Å². The van der Waals surface area contributed by atoms with Crippen molar-refractivity contribution in [3.05, 3.63) is 93.2 Å². The number of H-pyrrole nitrogens is 1. The van der Waals surface area contributed by atoms with Crippen LogP contribution in [0.25, 0.3) is 16.5 Å². The van der Waals surface area contributed by atoms with Crippen molar-refractivity contribution in [3.63, 3.8) is 0 Å². The first-order valence-corrected chi connectivity index (χ1v) is 11.0. The number of nitrogens with zero attached hydrogens (tertiary/aromatic N) is 2. The minimum Gasteiger partial charge on any atom is -0.462 e. The van der Waals surface area contributed by atoms with Crippen LogP contribution >= 0.6 is 0 Å². The number of rotatable bonds is 7. The van der Waals surface area contributed by atoms with Crippen LogP contribution in [0.1, 0.15) is 49.5 Å². The molecule has 9 nitrogen and oxygen atoms in total. The van der Waals surface area contributed by atoms with Crippen molar-refractivity contribution in [3.8, 4) is 5.69 Å². The summed E-state index contributed by atoms with van der Waals surface area (Å²) in [7, 11) is 0. The molecule has 0 atom stereocenters. The lowest BCUT2D eigenvalue weighted by atomic mass is 10.1. The van der Waals surface area contributed by atoms with Crippen LogP contribution in [0, 0.1) is 13.8 Å². The number of aryl methyl sites for hydroxylation is 1. The minimum absolute atomic E-state index is 0.0940. The number of Topliss-reactive ketones (excluding diaryl/α,β-unsaturated/α-hetero) is 1. The van der Waals surface area contributed by atoms with Gasteiger partial charge in [-0.3, -0.25) is 9.59 Å². The molecule has 4 rings (SSSR count). The van der Waals surface area contributed by atoms with Gasteiger partial charge < -0.3 is 14.5 Å². The monoisotopic (exact) mass is 473 g/mol. The number of hydrogen-bond donors (Lipinski definition) is 1. The van der Waals surface area contributed by atoms with Crippen LogP contribution in [0.3, 0.4) is 0 Å². The molecule has 2 aromatic heterocycles. The molecular weight excluding hydrogens is 450 g/mol. The highest BCUT2D eigenvalue weighted by Gasteiger charge is 2.25. The Morgan fingerprint density at radius 2 is 1.57 bits per heavy atom. The Labute approximate surface area is 200 Å². The van der Waals surface area contributed by atoms with Gasteiger partial charge in [0.1, 0.15) is 0 Å². The molecule has 0 aliphatic heterocycles. The molecule has 2 aromatic carbocycles. The number of aromatic nitrogens is 3. The van der Waals surface area contributed by atoms with Crippen LogP contribution < -0.4 is 5.56 Å². The Morgan fingerprint density at radius 3 is 2.26 bits per heavy atom. The van der Waals surface area contributed by atoms with Crippen molar-refractivity contribution in [1.29, 1.82) is 0 Å². The number of para-hydroxylation sites is 1. The van der Waals surface area contributed by atoms with Gasteiger partial charge in [0.25, 0.3) is 5.56 Å². The maximum absolute atomic E-state index is 13.0. The maximum Gasteiger partial charge on any atom is 0.359 e. The lowest BCUT2D eigenvalue weighted by Gasteiger charge is -2.11. The van der Waals surface area contributed by atoms with Gasteiger partial charge in [-0.1, -0.05) is 36.4 Å². The summed E-state index contributed by atoms with van der Waals surface area (Å²) in [5, 5.41) is 4.86. The molecule has 0 spiro atoms. The third-order valence-corrected chi connectivity index (χ3v) is 5.53. The third kappa shape index (κ3) is 4.48. The van der Waals surface area contributed by atoms with Crippen molar-refractivity contribution >= 4 is 28.5 Å². The van der Waals surface area contributed by atoms with Crippen molar-refractivity contribution < 1.29 is 23.9 Å². The fraction of sp³-hybridized carbons (Fsp3) is 0.192. The second kappa shape index (κ2) is 9.76. The topological polar surface area (TPSA) is 120 Å². The predicted octanol–water partition coefficient (Wildman–Crippen LogP) is 3.55. The van der Waals surface area contributed by atoms with E-state index in [1.807, 2.05) is 0 Å². The van der Waals surface area contributed by atoms with Crippen molar-refractivity contribution in [1.82, 2.24) is 14.8 Å². The van der Waals surface area contributed by atoms with Crippen LogP contribution in [0.2, 0.25) is 0 Å². The van der Waals surface area contributed by atoms with Crippen LogP contribution in [0.15, 0.2) is 59.4 Å². The highest BCUT2D eigenvalue weighted by molar-refractivity contribution is 6.05. The zero-order valence-electron chi connectivity index (χ0n) is 19.5. The lowest BCUT2D eigenvalue weighted by Crippen LogP contribution is -2.26. The number of carbonyl (C=O) groups is 3. The number of ketones is 1. The molecule has 4 aromatic rings. The summed E-state index contributed by atoms with van der Waals surface area (Å²) in [6.07, 6.45) is 0. The molecule has 0 saturated heterocycles. The van der Waals surface area contributed by atoms with Gasteiger partial charge >= 0.3 is 11.9 Å². The first-order chi connectivity index (χ1) is 16.8. The third-order valence-electron chi connectivity index (χ3n) is 5.53. The SMILES string of the molecule is CCOC(=O)c1c(C)[nH]c(C(=O)COC(=O)c2nn(-c3ccccc3)c(=O)c3ccccc23)c1C. The van der Waals surface area contributed by atoms with Gasteiger partial charge in [0, 0.05) is 11.1 Å². The number of esters is 2. The number of nitrogens with one attached hydrogen (secondary N) is 1. The second-order valence-corrected chi connectivity index (χ2v) is 7.79. The number of benzene rings is 2. The minimum atomic E-state index is -0.856. The van der Waals surface area contributed by atoms with E-state index in [-0.39, 0.29) is 29.1 Å². The molecule has 0 unspecified atom stereocenters. The summed E-state index contributed by atoms with van der Waals surface area (Å²) in [6, 6.07) is 15.3. The summed E-state index contributed by atoms with van der Waals surface area (Å²) in [4.78, 5) is 53.9. The van der Waals surface area contributed by atoms with Gasteiger partial charge in [0.2, 0.25) is 5.78 Å². The van der Waals surface area contributed by atoms with Crippen molar-refractivity contribution in [2.45, 2.75) is 20.8 Å². The molecule has 0 radical (unpaired) electrons. The molecule has 9 heteroatoms. The number of ether oxygens (including phenoxy) is 2. The van der Waals surface area contributed by atoms with E-state index in [0.29, 0.717) is 27.7 Å². The molecule has 0 aliphatic rings. The van der Waals surface area contributed by atoms with Crippen LogP contribution in [0.5, 0.6) is 0 Å². The second-order valence-electron chi connectivity index (χ2n) is 7.79. The average molecular weight is 473 g/mol. The first kappa shape index (κ1) is 23.6. The molecule has 2 heterocycles.